The lowest BCUT2D eigenvalue weighted by molar-refractivity contribution is 0.00228. The average Bonchev–Trinajstić information content (AvgIpc) is 2.79. The van der Waals surface area contributed by atoms with Crippen LogP contribution in [0.4, 0.5) is 4.79 Å². The van der Waals surface area contributed by atoms with E-state index in [2.05, 4.69) is 35.6 Å². The van der Waals surface area contributed by atoms with Gasteiger partial charge in [-0.3, -0.25) is 9.82 Å². The number of amides is 2. The molecule has 6 heteroatoms. The van der Waals surface area contributed by atoms with Gasteiger partial charge in [-0.1, -0.05) is 30.3 Å². The third-order valence-electron chi connectivity index (χ3n) is 5.62. The standard InChI is InChI=1S/C25H29N3O3/c1-17(2)31-27-25(29)28-14-12-21(13-15-28)30-20-10-8-19(9-11-20)23-16-26-24-7-5-4-6-22(24)18(23)3/h4-11,16-17,21H,12-15H2,1-3H3,(H,27,29). The van der Waals surface area contributed by atoms with Crippen LogP contribution in [0.25, 0.3) is 22.0 Å². The zero-order valence-electron chi connectivity index (χ0n) is 18.3. The maximum Gasteiger partial charge on any atom is 0.341 e. The first-order chi connectivity index (χ1) is 15.0. The summed E-state index contributed by atoms with van der Waals surface area (Å²) < 4.78 is 6.17. The normalized spacial score (nSPS) is 14.8. The van der Waals surface area contributed by atoms with Crippen molar-refractivity contribution in [1.29, 1.82) is 0 Å². The summed E-state index contributed by atoms with van der Waals surface area (Å²) >= 11 is 0. The molecule has 0 bridgehead atoms. The van der Waals surface area contributed by atoms with E-state index in [1.807, 2.05) is 50.4 Å². The number of ether oxygens (including phenoxy) is 1. The van der Waals surface area contributed by atoms with Crippen LogP contribution in [-0.4, -0.2) is 41.2 Å². The van der Waals surface area contributed by atoms with Crippen molar-refractivity contribution < 1.29 is 14.4 Å². The van der Waals surface area contributed by atoms with Crippen molar-refractivity contribution in [2.45, 2.75) is 45.8 Å². The smallest absolute Gasteiger partial charge is 0.341 e. The van der Waals surface area contributed by atoms with Crippen molar-refractivity contribution in [2.24, 2.45) is 0 Å². The van der Waals surface area contributed by atoms with Gasteiger partial charge >= 0.3 is 6.03 Å². The van der Waals surface area contributed by atoms with E-state index in [4.69, 9.17) is 9.57 Å². The summed E-state index contributed by atoms with van der Waals surface area (Å²) in [6.45, 7) is 7.20. The van der Waals surface area contributed by atoms with E-state index in [9.17, 15) is 4.79 Å². The first-order valence-electron chi connectivity index (χ1n) is 10.8. The van der Waals surface area contributed by atoms with Gasteiger partial charge in [-0.25, -0.2) is 10.3 Å². The molecule has 2 heterocycles. The molecular weight excluding hydrogens is 390 g/mol. The molecule has 162 valence electrons. The number of aromatic nitrogens is 1. The lowest BCUT2D eigenvalue weighted by atomic mass is 9.99. The molecule has 0 atom stereocenters. The summed E-state index contributed by atoms with van der Waals surface area (Å²) in [7, 11) is 0. The van der Waals surface area contributed by atoms with Crippen molar-refractivity contribution in [2.75, 3.05) is 13.1 Å². The first kappa shape index (κ1) is 21.1. The third kappa shape index (κ3) is 4.97. The molecule has 1 aromatic heterocycles. The SMILES string of the molecule is Cc1c(-c2ccc(OC3CCN(C(=O)NOC(C)C)CC3)cc2)cnc2ccccc12. The molecule has 0 spiro atoms. The van der Waals surface area contributed by atoms with Crippen molar-refractivity contribution in [3.05, 3.63) is 60.3 Å². The minimum atomic E-state index is -0.184. The summed E-state index contributed by atoms with van der Waals surface area (Å²) in [5.74, 6) is 0.848. The number of rotatable bonds is 5. The maximum atomic E-state index is 12.1. The van der Waals surface area contributed by atoms with Crippen LogP contribution >= 0.6 is 0 Å². The Bertz CT molecular complexity index is 1040. The van der Waals surface area contributed by atoms with Gasteiger partial charge in [0.05, 0.1) is 11.6 Å². The number of hydrogen-bond acceptors (Lipinski definition) is 4. The van der Waals surface area contributed by atoms with Crippen LogP contribution in [0.3, 0.4) is 0 Å². The van der Waals surface area contributed by atoms with E-state index in [0.717, 1.165) is 35.2 Å². The Morgan fingerprint density at radius 3 is 2.52 bits per heavy atom. The highest BCUT2D eigenvalue weighted by Gasteiger charge is 2.24. The number of para-hydroxylation sites is 1. The van der Waals surface area contributed by atoms with Gasteiger partial charge in [-0.05, 0) is 50.1 Å². The third-order valence-corrected chi connectivity index (χ3v) is 5.62. The van der Waals surface area contributed by atoms with Gasteiger partial charge in [-0.2, -0.15) is 0 Å². The molecule has 2 aromatic carbocycles. The Morgan fingerprint density at radius 1 is 1.10 bits per heavy atom. The van der Waals surface area contributed by atoms with Crippen LogP contribution in [0.5, 0.6) is 5.75 Å². The van der Waals surface area contributed by atoms with Gasteiger partial charge in [-0.15, -0.1) is 0 Å². The number of benzene rings is 2. The number of aryl methyl sites for hydroxylation is 1. The van der Waals surface area contributed by atoms with E-state index in [0.29, 0.717) is 13.1 Å². The fourth-order valence-electron chi connectivity index (χ4n) is 3.89. The largest absolute Gasteiger partial charge is 0.490 e. The van der Waals surface area contributed by atoms with E-state index >= 15 is 0 Å². The van der Waals surface area contributed by atoms with Crippen molar-refractivity contribution in [3.63, 3.8) is 0 Å². The quantitative estimate of drug-likeness (QED) is 0.584. The Hall–Kier alpha value is -3.12. The Balaban J connectivity index is 1.36. The first-order valence-corrected chi connectivity index (χ1v) is 10.8. The molecular formula is C25H29N3O3. The second-order valence-electron chi connectivity index (χ2n) is 8.22. The number of pyridine rings is 1. The fraction of sp³-hybridized carbons (Fsp3) is 0.360. The maximum absolute atomic E-state index is 12.1. The van der Waals surface area contributed by atoms with Crippen LogP contribution in [0.2, 0.25) is 0 Å². The molecule has 0 radical (unpaired) electrons. The minimum Gasteiger partial charge on any atom is -0.490 e. The van der Waals surface area contributed by atoms with Crippen molar-refractivity contribution >= 4 is 16.9 Å². The molecule has 31 heavy (non-hydrogen) atoms. The second kappa shape index (κ2) is 9.35. The highest BCUT2D eigenvalue weighted by Crippen LogP contribution is 2.30. The van der Waals surface area contributed by atoms with Gasteiger partial charge < -0.3 is 9.64 Å². The fourth-order valence-corrected chi connectivity index (χ4v) is 3.89. The molecule has 0 unspecified atom stereocenters. The van der Waals surface area contributed by atoms with Crippen LogP contribution in [0.1, 0.15) is 32.3 Å². The van der Waals surface area contributed by atoms with E-state index in [1.54, 1.807) is 4.90 Å². The number of fused-ring (bicyclic) bond motifs is 1. The van der Waals surface area contributed by atoms with Crippen LogP contribution < -0.4 is 10.2 Å². The number of piperidine rings is 1. The predicted molar refractivity (Wildman–Crippen MR) is 122 cm³/mol. The lowest BCUT2D eigenvalue weighted by Gasteiger charge is -2.32. The van der Waals surface area contributed by atoms with Crippen LogP contribution in [0.15, 0.2) is 54.7 Å². The van der Waals surface area contributed by atoms with Gasteiger partial charge in [0.1, 0.15) is 11.9 Å². The highest BCUT2D eigenvalue weighted by molar-refractivity contribution is 5.88. The average molecular weight is 420 g/mol. The lowest BCUT2D eigenvalue weighted by Crippen LogP contribution is -2.46. The van der Waals surface area contributed by atoms with Gasteiger partial charge in [0.25, 0.3) is 0 Å². The van der Waals surface area contributed by atoms with Gasteiger partial charge in [0.15, 0.2) is 0 Å². The van der Waals surface area contributed by atoms with Gasteiger partial charge in [0.2, 0.25) is 0 Å². The minimum absolute atomic E-state index is 0.0398. The number of carbonyl (C=O) groups excluding carboxylic acids is 1. The number of carbonyl (C=O) groups is 1. The summed E-state index contributed by atoms with van der Waals surface area (Å²) in [4.78, 5) is 23.6. The summed E-state index contributed by atoms with van der Waals surface area (Å²) in [6.07, 6.45) is 3.60. The Kier molecular flexibility index (Phi) is 6.37. The Morgan fingerprint density at radius 2 is 1.81 bits per heavy atom. The monoisotopic (exact) mass is 419 g/mol. The topological polar surface area (TPSA) is 63.7 Å². The van der Waals surface area contributed by atoms with Crippen LogP contribution in [0, 0.1) is 6.92 Å². The molecule has 4 rings (SSSR count). The zero-order chi connectivity index (χ0) is 21.8. The summed E-state index contributed by atoms with van der Waals surface area (Å²) in [5, 5.41) is 1.18. The highest BCUT2D eigenvalue weighted by atomic mass is 16.7. The van der Waals surface area contributed by atoms with Crippen LogP contribution in [-0.2, 0) is 4.84 Å². The molecule has 2 amide bonds. The summed E-state index contributed by atoms with van der Waals surface area (Å²) in [6, 6.07) is 16.2. The number of hydroxylamine groups is 1. The van der Waals surface area contributed by atoms with E-state index in [1.165, 1.54) is 10.9 Å². The number of likely N-dealkylation sites (tertiary alicyclic amines) is 1. The predicted octanol–water partition coefficient (Wildman–Crippen LogP) is 5.10. The van der Waals surface area contributed by atoms with E-state index < -0.39 is 0 Å². The molecule has 1 N–H and O–H groups in total. The van der Waals surface area contributed by atoms with Crippen molar-refractivity contribution in [3.8, 4) is 16.9 Å². The molecule has 6 nitrogen and oxygen atoms in total. The van der Waals surface area contributed by atoms with E-state index in [-0.39, 0.29) is 18.2 Å². The number of nitrogens with zero attached hydrogens (tertiary/aromatic N) is 2. The molecule has 0 saturated carbocycles. The molecule has 1 saturated heterocycles. The van der Waals surface area contributed by atoms with Crippen molar-refractivity contribution in [1.82, 2.24) is 15.4 Å². The second-order valence-corrected chi connectivity index (χ2v) is 8.22. The molecule has 1 aliphatic heterocycles. The number of hydrogen-bond donors (Lipinski definition) is 1. The van der Waals surface area contributed by atoms with Gasteiger partial charge in [0, 0.05) is 43.1 Å². The molecule has 0 aliphatic carbocycles. The number of nitrogens with one attached hydrogen (secondary N) is 1. The molecule has 1 aliphatic rings. The molecule has 3 aromatic rings. The number of urea groups is 1. The molecule has 1 fully saturated rings. The Labute approximate surface area is 183 Å². The zero-order valence-corrected chi connectivity index (χ0v) is 18.3. The summed E-state index contributed by atoms with van der Waals surface area (Å²) in [5.41, 5.74) is 6.99.